The number of carbonyl (C=O) groups is 1. The molecule has 0 fully saturated rings. The Morgan fingerprint density at radius 3 is 2.60 bits per heavy atom. The lowest BCUT2D eigenvalue weighted by Gasteiger charge is -2.15. The highest BCUT2D eigenvalue weighted by Gasteiger charge is 2.25. The molecule has 0 aromatic carbocycles. The third kappa shape index (κ3) is 2.64. The second-order valence-electron chi connectivity index (χ2n) is 2.50. The lowest BCUT2D eigenvalue weighted by Crippen LogP contribution is -2.44. The Kier molecular flexibility index (Phi) is 3.09. The third-order valence-electron chi connectivity index (χ3n) is 1.27. The molecule has 0 unspecified atom stereocenters. The predicted molar refractivity (Wildman–Crippen MR) is 39.7 cm³/mol. The number of aliphatic carboxylic acids is 1. The minimum absolute atomic E-state index is 0.374. The van der Waals surface area contributed by atoms with Gasteiger partial charge >= 0.3 is 5.97 Å². The number of hydrogen-bond acceptors (Lipinski definition) is 2. The number of carboxylic acids is 1. The van der Waals surface area contributed by atoms with E-state index in [2.05, 4.69) is 0 Å². The first-order valence-electron chi connectivity index (χ1n) is 3.14. The minimum Gasteiger partial charge on any atom is -0.480 e. The summed E-state index contributed by atoms with van der Waals surface area (Å²) in [6.07, 6.45) is 3.90. The van der Waals surface area contributed by atoms with Crippen molar-refractivity contribution >= 4 is 5.97 Å². The normalized spacial score (nSPS) is 17.1. The zero-order valence-electron chi connectivity index (χ0n) is 6.29. The molecule has 0 aromatic heterocycles. The summed E-state index contributed by atoms with van der Waals surface area (Å²) in [5.41, 5.74) is 4.28. The van der Waals surface area contributed by atoms with Crippen molar-refractivity contribution in [1.29, 1.82) is 0 Å². The van der Waals surface area contributed by atoms with E-state index in [9.17, 15) is 4.79 Å². The molecule has 0 amide bonds. The van der Waals surface area contributed by atoms with Gasteiger partial charge in [-0.05, 0) is 20.3 Å². The van der Waals surface area contributed by atoms with Gasteiger partial charge in [0.25, 0.3) is 0 Å². The standard InChI is InChI=1S/C7H13NO2/c1-3-4-5-7(2,8)6(9)10/h3-4H,5,8H2,1-2H3,(H,9,10)/b4-3+/t7-/m0/s1. The van der Waals surface area contributed by atoms with Crippen LogP contribution >= 0.6 is 0 Å². The van der Waals surface area contributed by atoms with Crippen molar-refractivity contribution in [3.8, 4) is 0 Å². The number of nitrogens with two attached hydrogens (primary N) is 1. The monoisotopic (exact) mass is 143 g/mol. The topological polar surface area (TPSA) is 63.3 Å². The highest BCUT2D eigenvalue weighted by Crippen LogP contribution is 2.05. The van der Waals surface area contributed by atoms with Gasteiger partial charge in [0.2, 0.25) is 0 Å². The number of hydrogen-bond donors (Lipinski definition) is 2. The van der Waals surface area contributed by atoms with E-state index in [4.69, 9.17) is 10.8 Å². The van der Waals surface area contributed by atoms with E-state index >= 15 is 0 Å². The van der Waals surface area contributed by atoms with Gasteiger partial charge in [0.15, 0.2) is 0 Å². The van der Waals surface area contributed by atoms with Crippen LogP contribution < -0.4 is 5.73 Å². The molecule has 0 spiro atoms. The number of carboxylic acid groups (broad SMARTS) is 1. The quantitative estimate of drug-likeness (QED) is 0.573. The maximum atomic E-state index is 10.4. The Balaban J connectivity index is 3.99. The molecule has 1 atom stereocenters. The van der Waals surface area contributed by atoms with E-state index in [1.54, 1.807) is 12.2 Å². The molecule has 3 N–H and O–H groups in total. The molecule has 0 saturated heterocycles. The largest absolute Gasteiger partial charge is 0.480 e. The Bertz CT molecular complexity index is 150. The maximum absolute atomic E-state index is 10.4. The molecule has 58 valence electrons. The summed E-state index contributed by atoms with van der Waals surface area (Å²) in [7, 11) is 0. The Hall–Kier alpha value is -0.830. The van der Waals surface area contributed by atoms with Crippen molar-refractivity contribution in [2.45, 2.75) is 25.8 Å². The van der Waals surface area contributed by atoms with E-state index in [-0.39, 0.29) is 0 Å². The lowest BCUT2D eigenvalue weighted by molar-refractivity contribution is -0.142. The molecular formula is C7H13NO2. The minimum atomic E-state index is -1.12. The summed E-state index contributed by atoms with van der Waals surface area (Å²) >= 11 is 0. The molecule has 3 nitrogen and oxygen atoms in total. The fraction of sp³-hybridized carbons (Fsp3) is 0.571. The van der Waals surface area contributed by atoms with Crippen LogP contribution in [0.25, 0.3) is 0 Å². The average molecular weight is 143 g/mol. The maximum Gasteiger partial charge on any atom is 0.323 e. The third-order valence-corrected chi connectivity index (χ3v) is 1.27. The molecule has 0 saturated carbocycles. The predicted octanol–water partition coefficient (Wildman–Crippen LogP) is 0.755. The summed E-state index contributed by atoms with van der Waals surface area (Å²) in [6.45, 7) is 3.33. The van der Waals surface area contributed by atoms with Gasteiger partial charge in [0.1, 0.15) is 5.54 Å². The molecule has 10 heavy (non-hydrogen) atoms. The Morgan fingerprint density at radius 1 is 1.80 bits per heavy atom. The van der Waals surface area contributed by atoms with Crippen molar-refractivity contribution in [3.63, 3.8) is 0 Å². The van der Waals surface area contributed by atoms with Gasteiger partial charge in [-0.15, -0.1) is 0 Å². The van der Waals surface area contributed by atoms with Crippen LogP contribution in [0, 0.1) is 0 Å². The first kappa shape index (κ1) is 9.17. The van der Waals surface area contributed by atoms with Crippen LogP contribution in [0.4, 0.5) is 0 Å². The van der Waals surface area contributed by atoms with E-state index in [1.165, 1.54) is 6.92 Å². The molecule has 0 rings (SSSR count). The molecule has 3 heteroatoms. The Labute approximate surface area is 60.5 Å². The fourth-order valence-electron chi connectivity index (χ4n) is 0.450. The number of allylic oxidation sites excluding steroid dienone is 1. The summed E-state index contributed by atoms with van der Waals surface area (Å²) in [5, 5.41) is 8.51. The van der Waals surface area contributed by atoms with E-state index < -0.39 is 11.5 Å². The van der Waals surface area contributed by atoms with Crippen LogP contribution in [0.15, 0.2) is 12.2 Å². The smallest absolute Gasteiger partial charge is 0.323 e. The lowest BCUT2D eigenvalue weighted by atomic mass is 10.00. The second kappa shape index (κ2) is 3.37. The first-order valence-corrected chi connectivity index (χ1v) is 3.14. The molecule has 0 aliphatic carbocycles. The molecule has 0 aromatic rings. The van der Waals surface area contributed by atoms with Crippen LogP contribution in [0.5, 0.6) is 0 Å². The SMILES string of the molecule is C/C=C/C[C@](C)(N)C(=O)O. The van der Waals surface area contributed by atoms with E-state index in [1.807, 2.05) is 6.92 Å². The molecular weight excluding hydrogens is 130 g/mol. The second-order valence-corrected chi connectivity index (χ2v) is 2.50. The zero-order chi connectivity index (χ0) is 8.20. The molecule has 0 aliphatic rings. The van der Waals surface area contributed by atoms with Gasteiger partial charge in [-0.1, -0.05) is 12.2 Å². The van der Waals surface area contributed by atoms with Crippen molar-refractivity contribution in [1.82, 2.24) is 0 Å². The summed E-state index contributed by atoms with van der Waals surface area (Å²) in [5.74, 6) is -0.967. The van der Waals surface area contributed by atoms with Crippen LogP contribution in [0.1, 0.15) is 20.3 Å². The number of rotatable bonds is 3. The van der Waals surface area contributed by atoms with Gasteiger partial charge in [-0.25, -0.2) is 0 Å². The van der Waals surface area contributed by atoms with Gasteiger partial charge in [-0.3, -0.25) is 4.79 Å². The van der Waals surface area contributed by atoms with Crippen molar-refractivity contribution in [2.75, 3.05) is 0 Å². The van der Waals surface area contributed by atoms with Gasteiger partial charge in [-0.2, -0.15) is 0 Å². The van der Waals surface area contributed by atoms with Crippen LogP contribution in [0.2, 0.25) is 0 Å². The molecule has 0 heterocycles. The zero-order valence-corrected chi connectivity index (χ0v) is 6.29. The average Bonchev–Trinajstić information content (AvgIpc) is 1.84. The van der Waals surface area contributed by atoms with Crippen LogP contribution in [-0.4, -0.2) is 16.6 Å². The van der Waals surface area contributed by atoms with Crippen molar-refractivity contribution < 1.29 is 9.90 Å². The first-order chi connectivity index (χ1) is 4.50. The summed E-state index contributed by atoms with van der Waals surface area (Å²) < 4.78 is 0. The fourth-order valence-corrected chi connectivity index (χ4v) is 0.450. The van der Waals surface area contributed by atoms with Crippen LogP contribution in [-0.2, 0) is 4.79 Å². The van der Waals surface area contributed by atoms with Crippen molar-refractivity contribution in [3.05, 3.63) is 12.2 Å². The molecule has 0 bridgehead atoms. The van der Waals surface area contributed by atoms with E-state index in [0.29, 0.717) is 6.42 Å². The molecule has 0 aliphatic heterocycles. The Morgan fingerprint density at radius 2 is 2.30 bits per heavy atom. The highest BCUT2D eigenvalue weighted by atomic mass is 16.4. The summed E-state index contributed by atoms with van der Waals surface area (Å²) in [4.78, 5) is 10.4. The van der Waals surface area contributed by atoms with Gasteiger partial charge in [0.05, 0.1) is 0 Å². The van der Waals surface area contributed by atoms with Gasteiger partial charge < -0.3 is 10.8 Å². The molecule has 0 radical (unpaired) electrons. The van der Waals surface area contributed by atoms with E-state index in [0.717, 1.165) is 0 Å². The van der Waals surface area contributed by atoms with Crippen molar-refractivity contribution in [2.24, 2.45) is 5.73 Å². The highest BCUT2D eigenvalue weighted by molar-refractivity contribution is 5.78. The summed E-state index contributed by atoms with van der Waals surface area (Å²) in [6, 6.07) is 0. The van der Waals surface area contributed by atoms with Gasteiger partial charge in [0, 0.05) is 0 Å². The van der Waals surface area contributed by atoms with Crippen LogP contribution in [0.3, 0.4) is 0 Å².